The number of rotatable bonds is 3. The van der Waals surface area contributed by atoms with Gasteiger partial charge < -0.3 is 0 Å². The molecule has 21 heavy (non-hydrogen) atoms. The molecule has 0 amide bonds. The van der Waals surface area contributed by atoms with Gasteiger partial charge >= 0.3 is 0 Å². The van der Waals surface area contributed by atoms with Crippen LogP contribution in [-0.4, -0.2) is 15.1 Å². The Morgan fingerprint density at radius 1 is 1.10 bits per heavy atom. The molecule has 0 spiro atoms. The lowest BCUT2D eigenvalue weighted by molar-refractivity contribution is -0.384. The molecule has 0 aliphatic carbocycles. The maximum absolute atomic E-state index is 11.1. The molecule has 5 heteroatoms. The Bertz CT molecular complexity index is 791. The maximum atomic E-state index is 11.1. The third kappa shape index (κ3) is 2.53. The van der Waals surface area contributed by atoms with E-state index in [1.807, 2.05) is 37.3 Å². The number of nitro benzene ring substituents is 1. The van der Waals surface area contributed by atoms with Gasteiger partial charge in [0.1, 0.15) is 0 Å². The highest BCUT2D eigenvalue weighted by molar-refractivity contribution is 5.74. The van der Waals surface area contributed by atoms with Crippen LogP contribution in [0.1, 0.15) is 5.56 Å². The molecule has 3 rings (SSSR count). The van der Waals surface area contributed by atoms with Crippen LogP contribution in [0.15, 0.2) is 54.6 Å². The SMILES string of the molecule is Cc1ccc(-c2cc(-c3ccccc3[N+](=O)[O-])[nH]n2)cc1. The average molecular weight is 279 g/mol. The number of aromatic nitrogens is 2. The van der Waals surface area contributed by atoms with Crippen molar-refractivity contribution in [1.82, 2.24) is 10.2 Å². The number of benzene rings is 2. The molecule has 0 bridgehead atoms. The minimum atomic E-state index is -0.387. The van der Waals surface area contributed by atoms with Crippen molar-refractivity contribution in [2.75, 3.05) is 0 Å². The second kappa shape index (κ2) is 5.20. The van der Waals surface area contributed by atoms with E-state index in [1.54, 1.807) is 18.2 Å². The minimum Gasteiger partial charge on any atom is -0.277 e. The highest BCUT2D eigenvalue weighted by Gasteiger charge is 2.16. The highest BCUT2D eigenvalue weighted by Crippen LogP contribution is 2.30. The fourth-order valence-corrected chi connectivity index (χ4v) is 2.19. The van der Waals surface area contributed by atoms with Crippen LogP contribution in [0.5, 0.6) is 0 Å². The number of hydrogen-bond acceptors (Lipinski definition) is 3. The van der Waals surface area contributed by atoms with Crippen LogP contribution in [0.2, 0.25) is 0 Å². The molecule has 104 valence electrons. The number of nitrogens with one attached hydrogen (secondary N) is 1. The molecule has 1 heterocycles. The zero-order valence-electron chi connectivity index (χ0n) is 11.4. The Hall–Kier alpha value is -2.95. The Balaban J connectivity index is 2.03. The molecular formula is C16H13N3O2. The number of hydrogen-bond donors (Lipinski definition) is 1. The lowest BCUT2D eigenvalue weighted by Crippen LogP contribution is -1.91. The molecule has 0 aliphatic rings. The van der Waals surface area contributed by atoms with Gasteiger partial charge in [0, 0.05) is 11.6 Å². The van der Waals surface area contributed by atoms with Crippen LogP contribution in [-0.2, 0) is 0 Å². The summed E-state index contributed by atoms with van der Waals surface area (Å²) in [6, 6.07) is 16.4. The van der Waals surface area contributed by atoms with E-state index >= 15 is 0 Å². The molecule has 0 radical (unpaired) electrons. The Morgan fingerprint density at radius 3 is 2.52 bits per heavy atom. The van der Waals surface area contributed by atoms with Crippen LogP contribution < -0.4 is 0 Å². The van der Waals surface area contributed by atoms with Gasteiger partial charge in [-0.25, -0.2) is 0 Å². The van der Waals surface area contributed by atoms with E-state index in [9.17, 15) is 10.1 Å². The first-order valence-electron chi connectivity index (χ1n) is 6.51. The molecule has 5 nitrogen and oxygen atoms in total. The number of nitrogens with zero attached hydrogens (tertiary/aromatic N) is 2. The summed E-state index contributed by atoms with van der Waals surface area (Å²) in [7, 11) is 0. The number of aryl methyl sites for hydroxylation is 1. The van der Waals surface area contributed by atoms with Crippen molar-refractivity contribution >= 4 is 5.69 Å². The van der Waals surface area contributed by atoms with Crippen LogP contribution in [0.3, 0.4) is 0 Å². The Kier molecular flexibility index (Phi) is 3.23. The summed E-state index contributed by atoms with van der Waals surface area (Å²) in [5.41, 5.74) is 4.15. The predicted molar refractivity (Wildman–Crippen MR) is 80.9 cm³/mol. The average Bonchev–Trinajstić information content (AvgIpc) is 2.97. The monoisotopic (exact) mass is 279 g/mol. The number of para-hydroxylation sites is 1. The largest absolute Gasteiger partial charge is 0.278 e. The van der Waals surface area contributed by atoms with Crippen molar-refractivity contribution in [3.05, 3.63) is 70.3 Å². The number of aromatic amines is 1. The summed E-state index contributed by atoms with van der Waals surface area (Å²) in [6.45, 7) is 2.02. The second-order valence-electron chi connectivity index (χ2n) is 4.81. The van der Waals surface area contributed by atoms with Gasteiger partial charge in [0.25, 0.3) is 5.69 Å². The van der Waals surface area contributed by atoms with E-state index < -0.39 is 0 Å². The lowest BCUT2D eigenvalue weighted by atomic mass is 10.1. The summed E-state index contributed by atoms with van der Waals surface area (Å²) in [6.07, 6.45) is 0. The first-order valence-corrected chi connectivity index (χ1v) is 6.51. The topological polar surface area (TPSA) is 71.8 Å². The van der Waals surface area contributed by atoms with E-state index in [-0.39, 0.29) is 10.6 Å². The van der Waals surface area contributed by atoms with Gasteiger partial charge in [-0.3, -0.25) is 15.2 Å². The zero-order chi connectivity index (χ0) is 14.8. The van der Waals surface area contributed by atoms with Gasteiger partial charge in [0.05, 0.1) is 21.9 Å². The van der Waals surface area contributed by atoms with Gasteiger partial charge in [-0.1, -0.05) is 42.0 Å². The molecule has 1 aromatic heterocycles. The van der Waals surface area contributed by atoms with Crippen molar-refractivity contribution in [3.8, 4) is 22.5 Å². The van der Waals surface area contributed by atoms with Gasteiger partial charge in [0.15, 0.2) is 0 Å². The number of nitro groups is 1. The molecule has 0 fully saturated rings. The smallest absolute Gasteiger partial charge is 0.277 e. The highest BCUT2D eigenvalue weighted by atomic mass is 16.6. The normalized spacial score (nSPS) is 10.5. The Labute approximate surface area is 121 Å². The van der Waals surface area contributed by atoms with E-state index in [1.165, 1.54) is 11.6 Å². The van der Waals surface area contributed by atoms with Gasteiger partial charge in [-0.05, 0) is 19.1 Å². The number of H-pyrrole nitrogens is 1. The van der Waals surface area contributed by atoms with Crippen LogP contribution >= 0.6 is 0 Å². The molecular weight excluding hydrogens is 266 g/mol. The zero-order valence-corrected chi connectivity index (χ0v) is 11.4. The molecule has 0 saturated carbocycles. The Morgan fingerprint density at radius 2 is 1.81 bits per heavy atom. The van der Waals surface area contributed by atoms with E-state index in [0.29, 0.717) is 11.3 Å². The fourth-order valence-electron chi connectivity index (χ4n) is 2.19. The van der Waals surface area contributed by atoms with E-state index in [4.69, 9.17) is 0 Å². The summed E-state index contributed by atoms with van der Waals surface area (Å²) < 4.78 is 0. The van der Waals surface area contributed by atoms with Crippen molar-refractivity contribution in [1.29, 1.82) is 0 Å². The summed E-state index contributed by atoms with van der Waals surface area (Å²) in [5, 5.41) is 18.2. The third-order valence-corrected chi connectivity index (χ3v) is 3.32. The van der Waals surface area contributed by atoms with Crippen LogP contribution in [0.25, 0.3) is 22.5 Å². The standard InChI is InChI=1S/C16H13N3O2/c1-11-6-8-12(9-7-11)14-10-15(18-17-14)13-4-2-3-5-16(13)19(20)21/h2-10H,1H3,(H,17,18). The van der Waals surface area contributed by atoms with E-state index in [2.05, 4.69) is 10.2 Å². The molecule has 3 aromatic rings. The lowest BCUT2D eigenvalue weighted by Gasteiger charge is -1.99. The van der Waals surface area contributed by atoms with E-state index in [0.717, 1.165) is 11.3 Å². The van der Waals surface area contributed by atoms with Crippen LogP contribution in [0, 0.1) is 17.0 Å². The summed E-state index contributed by atoms with van der Waals surface area (Å²) in [4.78, 5) is 10.7. The van der Waals surface area contributed by atoms with Gasteiger partial charge in [0.2, 0.25) is 0 Å². The van der Waals surface area contributed by atoms with Crippen molar-refractivity contribution in [2.24, 2.45) is 0 Å². The summed E-state index contributed by atoms with van der Waals surface area (Å²) >= 11 is 0. The second-order valence-corrected chi connectivity index (χ2v) is 4.81. The quantitative estimate of drug-likeness (QED) is 0.582. The minimum absolute atomic E-state index is 0.0663. The van der Waals surface area contributed by atoms with Gasteiger partial charge in [-0.15, -0.1) is 0 Å². The molecule has 0 unspecified atom stereocenters. The predicted octanol–water partition coefficient (Wildman–Crippen LogP) is 3.96. The van der Waals surface area contributed by atoms with Crippen molar-refractivity contribution in [3.63, 3.8) is 0 Å². The fraction of sp³-hybridized carbons (Fsp3) is 0.0625. The molecule has 1 N–H and O–H groups in total. The molecule has 2 aromatic carbocycles. The van der Waals surface area contributed by atoms with Crippen molar-refractivity contribution in [2.45, 2.75) is 6.92 Å². The third-order valence-electron chi connectivity index (χ3n) is 3.32. The molecule has 0 saturated heterocycles. The first kappa shape index (κ1) is 13.1. The first-order chi connectivity index (χ1) is 10.1. The molecule has 0 atom stereocenters. The van der Waals surface area contributed by atoms with Crippen molar-refractivity contribution < 1.29 is 4.92 Å². The summed E-state index contributed by atoms with van der Waals surface area (Å²) in [5.74, 6) is 0. The molecule has 0 aliphatic heterocycles. The van der Waals surface area contributed by atoms with Crippen LogP contribution in [0.4, 0.5) is 5.69 Å². The van der Waals surface area contributed by atoms with Gasteiger partial charge in [-0.2, -0.15) is 5.10 Å². The maximum Gasteiger partial charge on any atom is 0.278 e.